The van der Waals surface area contributed by atoms with Crippen LogP contribution in [0.5, 0.6) is 0 Å². The Labute approximate surface area is 204 Å². The molecule has 4 rings (SSSR count). The molecule has 0 aromatic heterocycles. The Kier molecular flexibility index (Phi) is 6.73. The van der Waals surface area contributed by atoms with Gasteiger partial charge in [-0.15, -0.1) is 0 Å². The van der Waals surface area contributed by atoms with Crippen molar-refractivity contribution in [3.05, 3.63) is 95.8 Å². The number of amides is 2. The lowest BCUT2D eigenvalue weighted by Crippen LogP contribution is -2.70. The minimum atomic E-state index is -4.07. The van der Waals surface area contributed by atoms with Gasteiger partial charge < -0.3 is 5.32 Å². The van der Waals surface area contributed by atoms with Crippen molar-refractivity contribution in [2.24, 2.45) is 0 Å². The SMILES string of the molecule is Cc1ccc(S(=O)(=O)N2CC(=O)N(c3cccc(F)c3)[C@@](C)(C(=O)NCc3ccccc3)C2)cc1. The Hall–Kier alpha value is -3.56. The third-order valence-electron chi connectivity index (χ3n) is 6.05. The van der Waals surface area contributed by atoms with Crippen molar-refractivity contribution in [3.8, 4) is 0 Å². The lowest BCUT2D eigenvalue weighted by atomic mass is 9.94. The van der Waals surface area contributed by atoms with Crippen molar-refractivity contribution in [3.63, 3.8) is 0 Å². The van der Waals surface area contributed by atoms with Gasteiger partial charge in [-0.1, -0.05) is 54.1 Å². The topological polar surface area (TPSA) is 86.8 Å². The lowest BCUT2D eigenvalue weighted by Gasteiger charge is -2.46. The lowest BCUT2D eigenvalue weighted by molar-refractivity contribution is -0.133. The fourth-order valence-corrected chi connectivity index (χ4v) is 5.66. The number of piperazine rings is 1. The van der Waals surface area contributed by atoms with Gasteiger partial charge in [-0.25, -0.2) is 12.8 Å². The zero-order chi connectivity index (χ0) is 25.2. The van der Waals surface area contributed by atoms with Gasteiger partial charge in [-0.3, -0.25) is 14.5 Å². The Morgan fingerprint density at radius 1 is 1.03 bits per heavy atom. The van der Waals surface area contributed by atoms with Crippen molar-refractivity contribution >= 4 is 27.5 Å². The fourth-order valence-electron chi connectivity index (χ4n) is 4.18. The minimum Gasteiger partial charge on any atom is -0.350 e. The van der Waals surface area contributed by atoms with E-state index in [0.29, 0.717) is 0 Å². The van der Waals surface area contributed by atoms with Crippen LogP contribution in [0.4, 0.5) is 10.1 Å². The second-order valence-electron chi connectivity index (χ2n) is 8.74. The van der Waals surface area contributed by atoms with Crippen molar-refractivity contribution in [1.29, 1.82) is 0 Å². The summed E-state index contributed by atoms with van der Waals surface area (Å²) in [6.07, 6.45) is 0. The molecule has 1 fully saturated rings. The molecule has 1 N–H and O–H groups in total. The first-order chi connectivity index (χ1) is 16.6. The Morgan fingerprint density at radius 2 is 1.71 bits per heavy atom. The van der Waals surface area contributed by atoms with Crippen LogP contribution in [0, 0.1) is 12.7 Å². The van der Waals surface area contributed by atoms with E-state index in [0.717, 1.165) is 21.5 Å². The summed E-state index contributed by atoms with van der Waals surface area (Å²) in [5, 5.41) is 2.82. The van der Waals surface area contributed by atoms with Gasteiger partial charge in [0.05, 0.1) is 11.4 Å². The molecule has 0 radical (unpaired) electrons. The molecule has 1 aliphatic heterocycles. The molecule has 2 amide bonds. The number of sulfonamides is 1. The fraction of sp³-hybridized carbons (Fsp3) is 0.231. The molecule has 7 nitrogen and oxygen atoms in total. The first kappa shape index (κ1) is 24.6. The van der Waals surface area contributed by atoms with Gasteiger partial charge in [0.2, 0.25) is 21.8 Å². The molecule has 0 bridgehead atoms. The molecule has 0 spiro atoms. The van der Waals surface area contributed by atoms with Gasteiger partial charge in [0.15, 0.2) is 0 Å². The summed E-state index contributed by atoms with van der Waals surface area (Å²) in [7, 11) is -4.07. The molecule has 35 heavy (non-hydrogen) atoms. The molecule has 0 unspecified atom stereocenters. The molecule has 1 aliphatic rings. The van der Waals surface area contributed by atoms with Crippen LogP contribution in [0.15, 0.2) is 83.8 Å². The number of nitrogens with one attached hydrogen (secondary N) is 1. The summed E-state index contributed by atoms with van der Waals surface area (Å²) >= 11 is 0. The first-order valence-corrected chi connectivity index (χ1v) is 12.5. The van der Waals surface area contributed by atoms with Crippen LogP contribution < -0.4 is 10.2 Å². The van der Waals surface area contributed by atoms with Crippen molar-refractivity contribution in [1.82, 2.24) is 9.62 Å². The molecule has 1 saturated heterocycles. The minimum absolute atomic E-state index is 0.0298. The van der Waals surface area contributed by atoms with Gasteiger partial charge in [-0.2, -0.15) is 4.31 Å². The molecule has 3 aromatic carbocycles. The van der Waals surface area contributed by atoms with E-state index in [4.69, 9.17) is 0 Å². The van der Waals surface area contributed by atoms with Crippen LogP contribution in [0.2, 0.25) is 0 Å². The molecule has 3 aromatic rings. The van der Waals surface area contributed by atoms with Gasteiger partial charge >= 0.3 is 0 Å². The summed E-state index contributed by atoms with van der Waals surface area (Å²) in [6, 6.07) is 20.8. The van der Waals surface area contributed by atoms with Crippen molar-refractivity contribution < 1.29 is 22.4 Å². The summed E-state index contributed by atoms with van der Waals surface area (Å²) in [4.78, 5) is 28.1. The van der Waals surface area contributed by atoms with E-state index in [1.165, 1.54) is 42.2 Å². The van der Waals surface area contributed by atoms with E-state index >= 15 is 0 Å². The molecule has 182 valence electrons. The van der Waals surface area contributed by atoms with Crippen LogP contribution in [0.3, 0.4) is 0 Å². The molecule has 9 heteroatoms. The van der Waals surface area contributed by atoms with E-state index in [9.17, 15) is 22.4 Å². The molecule has 1 heterocycles. The summed E-state index contributed by atoms with van der Waals surface area (Å²) in [6.45, 7) is 2.74. The molecular weight excluding hydrogens is 469 g/mol. The molecular formula is C26H26FN3O4S. The Morgan fingerprint density at radius 3 is 2.37 bits per heavy atom. The zero-order valence-corrected chi connectivity index (χ0v) is 20.3. The van der Waals surface area contributed by atoms with E-state index < -0.39 is 39.7 Å². The van der Waals surface area contributed by atoms with Crippen LogP contribution in [-0.2, 0) is 26.2 Å². The summed E-state index contributed by atoms with van der Waals surface area (Å²) in [5.41, 5.74) is 0.282. The number of anilines is 1. The highest BCUT2D eigenvalue weighted by atomic mass is 32.2. The maximum Gasteiger partial charge on any atom is 0.247 e. The van der Waals surface area contributed by atoms with Gasteiger partial charge in [0.25, 0.3) is 0 Å². The highest BCUT2D eigenvalue weighted by molar-refractivity contribution is 7.89. The largest absolute Gasteiger partial charge is 0.350 e. The van der Waals surface area contributed by atoms with E-state index in [-0.39, 0.29) is 23.7 Å². The maximum absolute atomic E-state index is 14.0. The number of carbonyl (C=O) groups is 2. The number of aryl methyl sites for hydroxylation is 1. The first-order valence-electron chi connectivity index (χ1n) is 11.1. The molecule has 0 saturated carbocycles. The quantitative estimate of drug-likeness (QED) is 0.569. The summed E-state index contributed by atoms with van der Waals surface area (Å²) < 4.78 is 41.8. The number of hydrogen-bond acceptors (Lipinski definition) is 4. The normalized spacial score (nSPS) is 18.9. The van der Waals surface area contributed by atoms with E-state index in [1.54, 1.807) is 12.1 Å². The second kappa shape index (κ2) is 9.59. The standard InChI is InChI=1S/C26H26FN3O4S/c1-19-11-13-23(14-12-19)35(33,34)29-17-24(31)30(22-10-6-9-21(27)15-22)26(2,18-29)25(32)28-16-20-7-4-3-5-8-20/h3-15H,16-18H2,1-2H3,(H,28,32)/t26-/m1/s1. The predicted octanol–water partition coefficient (Wildman–Crippen LogP) is 3.25. The number of rotatable bonds is 6. The Bertz CT molecular complexity index is 1350. The maximum atomic E-state index is 14.0. The summed E-state index contributed by atoms with van der Waals surface area (Å²) in [5.74, 6) is -1.75. The Balaban J connectivity index is 1.71. The number of benzene rings is 3. The zero-order valence-electron chi connectivity index (χ0n) is 19.4. The average molecular weight is 496 g/mol. The third kappa shape index (κ3) is 4.96. The van der Waals surface area contributed by atoms with Crippen LogP contribution in [0.1, 0.15) is 18.1 Å². The second-order valence-corrected chi connectivity index (χ2v) is 10.7. The van der Waals surface area contributed by atoms with Crippen LogP contribution in [-0.4, -0.2) is 43.2 Å². The highest BCUT2D eigenvalue weighted by Gasteiger charge is 2.51. The van der Waals surface area contributed by atoms with Gasteiger partial charge in [-0.05, 0) is 49.7 Å². The average Bonchev–Trinajstić information content (AvgIpc) is 2.83. The number of halogens is 1. The van der Waals surface area contributed by atoms with Gasteiger partial charge in [0, 0.05) is 18.8 Å². The number of hydrogen-bond donors (Lipinski definition) is 1. The van der Waals surface area contributed by atoms with Crippen LogP contribution in [0.25, 0.3) is 0 Å². The van der Waals surface area contributed by atoms with Gasteiger partial charge in [0.1, 0.15) is 11.4 Å². The van der Waals surface area contributed by atoms with Crippen LogP contribution >= 0.6 is 0 Å². The van der Waals surface area contributed by atoms with E-state index in [1.807, 2.05) is 37.3 Å². The number of nitrogens with zero attached hydrogens (tertiary/aromatic N) is 2. The molecule has 1 atom stereocenters. The van der Waals surface area contributed by atoms with Crippen molar-refractivity contribution in [2.75, 3.05) is 18.0 Å². The molecule has 0 aliphatic carbocycles. The smallest absolute Gasteiger partial charge is 0.247 e. The predicted molar refractivity (Wildman–Crippen MR) is 131 cm³/mol. The number of carbonyl (C=O) groups excluding carboxylic acids is 2. The van der Waals surface area contributed by atoms with Crippen molar-refractivity contribution in [2.45, 2.75) is 30.8 Å². The monoisotopic (exact) mass is 495 g/mol. The third-order valence-corrected chi connectivity index (χ3v) is 7.85. The van der Waals surface area contributed by atoms with E-state index in [2.05, 4.69) is 5.32 Å². The highest BCUT2D eigenvalue weighted by Crippen LogP contribution is 2.32.